The number of ether oxygens (including phenoxy) is 1. The summed E-state index contributed by atoms with van der Waals surface area (Å²) in [6, 6.07) is 13.0. The van der Waals surface area contributed by atoms with E-state index in [2.05, 4.69) is 10.3 Å². The van der Waals surface area contributed by atoms with Crippen LogP contribution in [0.25, 0.3) is 0 Å². The zero-order valence-corrected chi connectivity index (χ0v) is 20.0. The molecule has 2 amide bonds. The number of benzene rings is 2. The third-order valence-corrected chi connectivity index (χ3v) is 6.12. The molecule has 33 heavy (non-hydrogen) atoms. The second kappa shape index (κ2) is 10.9. The number of hydrogen-bond acceptors (Lipinski definition) is 6. The van der Waals surface area contributed by atoms with Gasteiger partial charge in [0.1, 0.15) is 6.61 Å². The van der Waals surface area contributed by atoms with Crippen molar-refractivity contribution in [1.82, 2.24) is 10.3 Å². The van der Waals surface area contributed by atoms with Crippen molar-refractivity contribution in [3.63, 3.8) is 0 Å². The Morgan fingerprint density at radius 3 is 2.48 bits per heavy atom. The predicted octanol–water partition coefficient (Wildman–Crippen LogP) is 4.62. The van der Waals surface area contributed by atoms with Gasteiger partial charge in [-0.3, -0.25) is 19.3 Å². The van der Waals surface area contributed by atoms with Crippen LogP contribution in [-0.4, -0.2) is 29.3 Å². The fourth-order valence-corrected chi connectivity index (χ4v) is 4.14. The van der Waals surface area contributed by atoms with Gasteiger partial charge < -0.3 is 10.1 Å². The molecule has 0 saturated carbocycles. The van der Waals surface area contributed by atoms with Gasteiger partial charge >= 0.3 is 5.97 Å². The maximum atomic E-state index is 12.4. The number of anilines is 2. The van der Waals surface area contributed by atoms with Crippen molar-refractivity contribution in [2.45, 2.75) is 40.7 Å². The van der Waals surface area contributed by atoms with E-state index in [1.807, 2.05) is 51.1 Å². The van der Waals surface area contributed by atoms with Gasteiger partial charge in [0.05, 0.1) is 17.8 Å². The first kappa shape index (κ1) is 24.1. The number of hydrogen-bond donors (Lipinski definition) is 1. The SMILES string of the molecule is CC(=O)N(c1nc(COC(=O)CCNC(=O)c2ccccc2C)cs1)c1cccc(C)c1C. The molecule has 0 radical (unpaired) electrons. The van der Waals surface area contributed by atoms with Crippen molar-refractivity contribution >= 4 is 39.9 Å². The molecular weight excluding hydrogens is 438 g/mol. The Kier molecular flexibility index (Phi) is 7.95. The van der Waals surface area contributed by atoms with E-state index in [9.17, 15) is 14.4 Å². The van der Waals surface area contributed by atoms with E-state index in [1.165, 1.54) is 18.3 Å². The maximum absolute atomic E-state index is 12.4. The number of carbonyl (C=O) groups excluding carboxylic acids is 3. The maximum Gasteiger partial charge on any atom is 0.307 e. The van der Waals surface area contributed by atoms with Crippen molar-refractivity contribution in [2.75, 3.05) is 11.4 Å². The molecule has 0 fully saturated rings. The summed E-state index contributed by atoms with van der Waals surface area (Å²) in [6.45, 7) is 7.49. The van der Waals surface area contributed by atoms with E-state index in [0.717, 1.165) is 22.4 Å². The zero-order valence-electron chi connectivity index (χ0n) is 19.2. The van der Waals surface area contributed by atoms with Crippen LogP contribution < -0.4 is 10.2 Å². The topological polar surface area (TPSA) is 88.6 Å². The molecule has 0 saturated heterocycles. The lowest BCUT2D eigenvalue weighted by Crippen LogP contribution is -2.27. The predicted molar refractivity (Wildman–Crippen MR) is 129 cm³/mol. The van der Waals surface area contributed by atoms with Gasteiger partial charge in [-0.2, -0.15) is 0 Å². The highest BCUT2D eigenvalue weighted by Gasteiger charge is 2.20. The quantitative estimate of drug-likeness (QED) is 0.491. The monoisotopic (exact) mass is 465 g/mol. The molecule has 172 valence electrons. The number of nitrogens with zero attached hydrogens (tertiary/aromatic N) is 2. The number of carbonyl (C=O) groups is 3. The molecule has 1 N–H and O–H groups in total. The van der Waals surface area contributed by atoms with Gasteiger partial charge in [0.15, 0.2) is 5.13 Å². The molecule has 1 aromatic heterocycles. The van der Waals surface area contributed by atoms with Crippen LogP contribution in [0.2, 0.25) is 0 Å². The standard InChI is InChI=1S/C25H27N3O4S/c1-16-9-7-11-22(18(16)3)28(19(4)29)25-27-20(15-33-25)14-32-23(30)12-13-26-24(31)21-10-6-5-8-17(21)2/h5-11,15H,12-14H2,1-4H3,(H,26,31). The Balaban J connectivity index is 1.54. The molecule has 0 atom stereocenters. The van der Waals surface area contributed by atoms with Gasteiger partial charge in [-0.05, 0) is 49.6 Å². The first-order valence-electron chi connectivity index (χ1n) is 10.6. The molecule has 0 aliphatic rings. The smallest absolute Gasteiger partial charge is 0.307 e. The Morgan fingerprint density at radius 1 is 1.03 bits per heavy atom. The second-order valence-electron chi connectivity index (χ2n) is 7.68. The molecule has 3 aromatic rings. The van der Waals surface area contributed by atoms with Crippen LogP contribution in [0.5, 0.6) is 0 Å². The van der Waals surface area contributed by atoms with Crippen molar-refractivity contribution < 1.29 is 19.1 Å². The average molecular weight is 466 g/mol. The summed E-state index contributed by atoms with van der Waals surface area (Å²) in [4.78, 5) is 42.7. The number of rotatable bonds is 8. The van der Waals surface area contributed by atoms with E-state index < -0.39 is 5.97 Å². The highest BCUT2D eigenvalue weighted by Crippen LogP contribution is 2.32. The van der Waals surface area contributed by atoms with E-state index in [4.69, 9.17) is 4.74 Å². The highest BCUT2D eigenvalue weighted by atomic mass is 32.1. The van der Waals surface area contributed by atoms with E-state index >= 15 is 0 Å². The molecule has 7 nitrogen and oxygen atoms in total. The molecule has 3 rings (SSSR count). The van der Waals surface area contributed by atoms with Crippen LogP contribution in [0, 0.1) is 20.8 Å². The van der Waals surface area contributed by atoms with Crippen molar-refractivity contribution in [3.8, 4) is 0 Å². The van der Waals surface area contributed by atoms with Crippen LogP contribution in [-0.2, 0) is 20.9 Å². The minimum atomic E-state index is -0.437. The molecular formula is C25H27N3O4S. The summed E-state index contributed by atoms with van der Waals surface area (Å²) in [7, 11) is 0. The fraction of sp³-hybridized carbons (Fsp3) is 0.280. The molecule has 0 bridgehead atoms. The van der Waals surface area contributed by atoms with Crippen LogP contribution in [0.4, 0.5) is 10.8 Å². The summed E-state index contributed by atoms with van der Waals surface area (Å²) in [5.74, 6) is -0.806. The van der Waals surface area contributed by atoms with Crippen LogP contribution >= 0.6 is 11.3 Å². The van der Waals surface area contributed by atoms with Crippen LogP contribution in [0.15, 0.2) is 47.8 Å². The normalized spacial score (nSPS) is 10.5. The fourth-order valence-electron chi connectivity index (χ4n) is 3.28. The van der Waals surface area contributed by atoms with E-state index in [0.29, 0.717) is 16.4 Å². The number of thiazole rings is 1. The number of aryl methyl sites for hydroxylation is 2. The van der Waals surface area contributed by atoms with E-state index in [1.54, 1.807) is 22.4 Å². The number of aromatic nitrogens is 1. The zero-order chi connectivity index (χ0) is 24.0. The minimum Gasteiger partial charge on any atom is -0.459 e. The van der Waals surface area contributed by atoms with Gasteiger partial charge in [-0.25, -0.2) is 4.98 Å². The highest BCUT2D eigenvalue weighted by molar-refractivity contribution is 7.14. The van der Waals surface area contributed by atoms with Gasteiger partial charge in [-0.1, -0.05) is 30.3 Å². The molecule has 0 spiro atoms. The van der Waals surface area contributed by atoms with Crippen LogP contribution in [0.1, 0.15) is 46.1 Å². The average Bonchev–Trinajstić information content (AvgIpc) is 3.24. The number of esters is 1. The molecule has 0 unspecified atom stereocenters. The summed E-state index contributed by atoms with van der Waals surface area (Å²) >= 11 is 1.31. The van der Waals surface area contributed by atoms with Gasteiger partial charge in [-0.15, -0.1) is 11.3 Å². The third-order valence-electron chi connectivity index (χ3n) is 5.25. The summed E-state index contributed by atoms with van der Waals surface area (Å²) in [6.07, 6.45) is 0.0523. The lowest BCUT2D eigenvalue weighted by atomic mass is 10.1. The summed E-state index contributed by atoms with van der Waals surface area (Å²) in [5.41, 5.74) is 4.88. The second-order valence-corrected chi connectivity index (χ2v) is 8.51. The first-order valence-corrected chi connectivity index (χ1v) is 11.5. The molecule has 2 aromatic carbocycles. The van der Waals surface area contributed by atoms with E-state index in [-0.39, 0.29) is 31.4 Å². The van der Waals surface area contributed by atoms with Crippen molar-refractivity contribution in [3.05, 3.63) is 75.8 Å². The summed E-state index contributed by atoms with van der Waals surface area (Å²) < 4.78 is 5.29. The Bertz CT molecular complexity index is 1170. The van der Waals surface area contributed by atoms with Crippen molar-refractivity contribution in [2.24, 2.45) is 0 Å². The lowest BCUT2D eigenvalue weighted by molar-refractivity contribution is -0.144. The van der Waals surface area contributed by atoms with Crippen LogP contribution in [0.3, 0.4) is 0 Å². The largest absolute Gasteiger partial charge is 0.459 e. The molecule has 0 aliphatic carbocycles. The van der Waals surface area contributed by atoms with Gasteiger partial charge in [0.2, 0.25) is 5.91 Å². The Morgan fingerprint density at radius 2 is 1.76 bits per heavy atom. The van der Waals surface area contributed by atoms with Crippen molar-refractivity contribution in [1.29, 1.82) is 0 Å². The molecule has 1 heterocycles. The number of nitrogens with one attached hydrogen (secondary N) is 1. The Hall–Kier alpha value is -3.52. The Labute approximate surface area is 197 Å². The summed E-state index contributed by atoms with van der Waals surface area (Å²) in [5, 5.41) is 5.02. The lowest BCUT2D eigenvalue weighted by Gasteiger charge is -2.21. The third kappa shape index (κ3) is 6.04. The van der Waals surface area contributed by atoms with Gasteiger partial charge in [0.25, 0.3) is 5.91 Å². The minimum absolute atomic E-state index is 0.000379. The number of amides is 2. The van der Waals surface area contributed by atoms with Gasteiger partial charge in [0, 0.05) is 24.4 Å². The first-order chi connectivity index (χ1) is 15.8. The molecule has 8 heteroatoms. The molecule has 0 aliphatic heterocycles.